The molecule has 4 N–H and O–H groups in total. The van der Waals surface area contributed by atoms with Crippen molar-refractivity contribution in [2.45, 2.75) is 32.4 Å². The van der Waals surface area contributed by atoms with Gasteiger partial charge in [-0.05, 0) is 48.7 Å². The van der Waals surface area contributed by atoms with Crippen LogP contribution < -0.4 is 20.7 Å². The largest absolute Gasteiger partial charge is 0.488 e. The zero-order valence-corrected chi connectivity index (χ0v) is 25.7. The van der Waals surface area contributed by atoms with Crippen LogP contribution in [0.25, 0.3) is 10.8 Å². The van der Waals surface area contributed by atoms with Crippen molar-refractivity contribution in [1.82, 2.24) is 9.80 Å². The zero-order valence-electron chi connectivity index (χ0n) is 25.7. The summed E-state index contributed by atoms with van der Waals surface area (Å²) in [5.41, 5.74) is 2.44. The van der Waals surface area contributed by atoms with Gasteiger partial charge in [0.05, 0.1) is 31.3 Å². The fourth-order valence-corrected chi connectivity index (χ4v) is 5.44. The standard InChI is InChI=1S/C35H39N5O5/c1-23-20-40(24(2)22-41)33(42)19-26-18-28(36-34(43)38-30-15-9-11-25-10-7-8-14-29(25)30)16-17-31(26)45-32(23)21-39(3)35(44)37-27-12-5-4-6-13-27/h4-18,23-24,32,41H,19-22H2,1-3H3,(H,37,44)(H2,36,38,43)/t23-,24+,32+/m1/s1. The van der Waals surface area contributed by atoms with Gasteiger partial charge in [-0.15, -0.1) is 0 Å². The first-order valence-electron chi connectivity index (χ1n) is 15.0. The Morgan fingerprint density at radius 3 is 2.47 bits per heavy atom. The lowest BCUT2D eigenvalue weighted by Crippen LogP contribution is -2.48. The van der Waals surface area contributed by atoms with Crippen LogP contribution in [0.1, 0.15) is 19.4 Å². The predicted octanol–water partition coefficient (Wildman–Crippen LogP) is 5.80. The number of carbonyl (C=O) groups excluding carboxylic acids is 3. The van der Waals surface area contributed by atoms with Gasteiger partial charge in [-0.2, -0.15) is 0 Å². The first-order valence-corrected chi connectivity index (χ1v) is 15.0. The molecule has 0 bridgehead atoms. The first kappa shape index (κ1) is 31.3. The summed E-state index contributed by atoms with van der Waals surface area (Å²) in [6.07, 6.45) is -0.452. The second kappa shape index (κ2) is 14.1. The highest BCUT2D eigenvalue weighted by Gasteiger charge is 2.32. The van der Waals surface area contributed by atoms with E-state index in [2.05, 4.69) is 16.0 Å². The van der Waals surface area contributed by atoms with Gasteiger partial charge in [0.15, 0.2) is 0 Å². The average Bonchev–Trinajstić information content (AvgIpc) is 3.08. The van der Waals surface area contributed by atoms with E-state index in [0.717, 1.165) is 10.8 Å². The lowest BCUT2D eigenvalue weighted by atomic mass is 10.0. The Labute approximate surface area is 263 Å². The van der Waals surface area contributed by atoms with Crippen LogP contribution in [-0.4, -0.2) is 71.8 Å². The number of amides is 5. The monoisotopic (exact) mass is 609 g/mol. The van der Waals surface area contributed by atoms with Crippen molar-refractivity contribution in [2.75, 3.05) is 42.7 Å². The zero-order chi connectivity index (χ0) is 31.9. The summed E-state index contributed by atoms with van der Waals surface area (Å²) in [6.45, 7) is 4.17. The summed E-state index contributed by atoms with van der Waals surface area (Å²) in [7, 11) is 1.70. The molecular weight excluding hydrogens is 570 g/mol. The second-order valence-corrected chi connectivity index (χ2v) is 11.5. The molecule has 0 unspecified atom stereocenters. The fraction of sp³-hybridized carbons (Fsp3) is 0.286. The van der Waals surface area contributed by atoms with Crippen LogP contribution >= 0.6 is 0 Å². The van der Waals surface area contributed by atoms with Crippen molar-refractivity contribution >= 4 is 45.8 Å². The minimum atomic E-state index is -0.469. The molecule has 4 aromatic carbocycles. The number of ether oxygens (including phenoxy) is 1. The van der Waals surface area contributed by atoms with Crippen molar-refractivity contribution < 1.29 is 24.2 Å². The fourth-order valence-electron chi connectivity index (χ4n) is 5.44. The molecule has 0 aliphatic carbocycles. The third-order valence-electron chi connectivity index (χ3n) is 8.04. The molecule has 0 saturated heterocycles. The van der Waals surface area contributed by atoms with E-state index in [4.69, 9.17) is 4.74 Å². The van der Waals surface area contributed by atoms with Gasteiger partial charge in [0, 0.05) is 41.8 Å². The summed E-state index contributed by atoms with van der Waals surface area (Å²) in [5.74, 6) is 0.155. The van der Waals surface area contributed by atoms with Gasteiger partial charge in [-0.25, -0.2) is 9.59 Å². The molecule has 0 aromatic heterocycles. The molecule has 10 heteroatoms. The van der Waals surface area contributed by atoms with Crippen LogP contribution in [0, 0.1) is 5.92 Å². The van der Waals surface area contributed by atoms with Gasteiger partial charge in [0.1, 0.15) is 11.9 Å². The summed E-state index contributed by atoms with van der Waals surface area (Å²) in [4.78, 5) is 42.8. The molecule has 0 saturated carbocycles. The maximum atomic E-state index is 13.6. The number of nitrogens with one attached hydrogen (secondary N) is 3. The minimum Gasteiger partial charge on any atom is -0.488 e. The van der Waals surface area contributed by atoms with E-state index in [9.17, 15) is 19.5 Å². The molecule has 0 fully saturated rings. The molecule has 3 atom stereocenters. The van der Waals surface area contributed by atoms with Gasteiger partial charge >= 0.3 is 12.1 Å². The number of anilines is 3. The van der Waals surface area contributed by atoms with Gasteiger partial charge in [0.25, 0.3) is 0 Å². The molecule has 1 aliphatic heterocycles. The summed E-state index contributed by atoms with van der Waals surface area (Å²) in [6, 6.07) is 26.8. The Hall–Kier alpha value is -5.09. The molecule has 4 aromatic rings. The summed E-state index contributed by atoms with van der Waals surface area (Å²) < 4.78 is 6.52. The summed E-state index contributed by atoms with van der Waals surface area (Å²) in [5, 5.41) is 20.5. The normalized spacial score (nSPS) is 17.2. The number of benzene rings is 4. The van der Waals surface area contributed by atoms with E-state index in [0.29, 0.717) is 34.9 Å². The van der Waals surface area contributed by atoms with Crippen LogP contribution in [-0.2, 0) is 11.2 Å². The van der Waals surface area contributed by atoms with Gasteiger partial charge in [0.2, 0.25) is 5.91 Å². The van der Waals surface area contributed by atoms with E-state index in [1.165, 1.54) is 0 Å². The predicted molar refractivity (Wildman–Crippen MR) is 177 cm³/mol. The number of likely N-dealkylation sites (N-methyl/N-ethyl adjacent to an activating group) is 1. The molecule has 5 amide bonds. The molecule has 45 heavy (non-hydrogen) atoms. The van der Waals surface area contributed by atoms with Crippen LogP contribution in [0.2, 0.25) is 0 Å². The number of urea groups is 2. The molecular formula is C35H39N5O5. The highest BCUT2D eigenvalue weighted by molar-refractivity contribution is 6.06. The number of carbonyl (C=O) groups is 3. The molecule has 0 radical (unpaired) electrons. The Morgan fingerprint density at radius 1 is 0.956 bits per heavy atom. The number of aliphatic hydroxyl groups is 1. The van der Waals surface area contributed by atoms with Gasteiger partial charge in [-0.3, -0.25) is 4.79 Å². The first-order chi connectivity index (χ1) is 21.7. The SMILES string of the molecule is C[C@@H]1CN([C@@H](C)CO)C(=O)Cc2cc(NC(=O)Nc3cccc4ccccc34)ccc2O[C@H]1CN(C)C(=O)Nc1ccccc1. The van der Waals surface area contributed by atoms with Crippen LogP contribution in [0.5, 0.6) is 5.75 Å². The quantitative estimate of drug-likeness (QED) is 0.211. The van der Waals surface area contributed by atoms with E-state index >= 15 is 0 Å². The van der Waals surface area contributed by atoms with Gasteiger partial charge < -0.3 is 35.6 Å². The van der Waals surface area contributed by atoms with E-state index in [1.54, 1.807) is 42.0 Å². The van der Waals surface area contributed by atoms with Crippen LogP contribution in [0.4, 0.5) is 26.7 Å². The topological polar surface area (TPSA) is 123 Å². The number of hydrogen-bond donors (Lipinski definition) is 4. The van der Waals surface area contributed by atoms with Crippen molar-refractivity contribution in [2.24, 2.45) is 5.92 Å². The highest BCUT2D eigenvalue weighted by atomic mass is 16.5. The molecule has 5 rings (SSSR count). The molecule has 234 valence electrons. The minimum absolute atomic E-state index is 0.0178. The number of hydrogen-bond acceptors (Lipinski definition) is 5. The van der Waals surface area contributed by atoms with E-state index in [-0.39, 0.29) is 37.4 Å². The van der Waals surface area contributed by atoms with Crippen molar-refractivity contribution in [1.29, 1.82) is 0 Å². The summed E-state index contributed by atoms with van der Waals surface area (Å²) >= 11 is 0. The highest BCUT2D eigenvalue weighted by Crippen LogP contribution is 2.30. The van der Waals surface area contributed by atoms with Crippen molar-refractivity contribution in [3.63, 3.8) is 0 Å². The number of aliphatic hydroxyl groups excluding tert-OH is 1. The Bertz CT molecular complexity index is 1660. The molecule has 1 aliphatic rings. The number of nitrogens with zero attached hydrogens (tertiary/aromatic N) is 2. The Kier molecular flexibility index (Phi) is 9.84. The molecule has 10 nitrogen and oxygen atoms in total. The van der Waals surface area contributed by atoms with Crippen molar-refractivity contribution in [3.8, 4) is 5.75 Å². The third kappa shape index (κ3) is 7.71. The molecule has 1 heterocycles. The van der Waals surface area contributed by atoms with Crippen LogP contribution in [0.3, 0.4) is 0 Å². The maximum absolute atomic E-state index is 13.6. The number of rotatable bonds is 7. The van der Waals surface area contributed by atoms with E-state index in [1.807, 2.05) is 79.7 Å². The van der Waals surface area contributed by atoms with E-state index < -0.39 is 18.2 Å². The van der Waals surface area contributed by atoms with Gasteiger partial charge in [-0.1, -0.05) is 61.5 Å². The lowest BCUT2D eigenvalue weighted by Gasteiger charge is -2.34. The second-order valence-electron chi connectivity index (χ2n) is 11.5. The number of fused-ring (bicyclic) bond motifs is 2. The number of para-hydroxylation sites is 1. The Balaban J connectivity index is 1.37. The average molecular weight is 610 g/mol. The Morgan fingerprint density at radius 2 is 1.69 bits per heavy atom. The maximum Gasteiger partial charge on any atom is 0.323 e. The van der Waals surface area contributed by atoms with Crippen molar-refractivity contribution in [3.05, 3.63) is 96.6 Å². The third-order valence-corrected chi connectivity index (χ3v) is 8.04. The van der Waals surface area contributed by atoms with Crippen LogP contribution in [0.15, 0.2) is 91.0 Å². The molecule has 0 spiro atoms. The lowest BCUT2D eigenvalue weighted by molar-refractivity contribution is -0.134. The smallest absolute Gasteiger partial charge is 0.323 e.